The Morgan fingerprint density at radius 3 is 2.46 bits per heavy atom. The molecule has 0 aromatic heterocycles. The van der Waals surface area contributed by atoms with Gasteiger partial charge in [0.15, 0.2) is 0 Å². The first kappa shape index (κ1) is 9.67. The summed E-state index contributed by atoms with van der Waals surface area (Å²) in [7, 11) is 0. The molecule has 2 N–H and O–H groups in total. The minimum Gasteiger partial charge on any atom is -0.550 e. The van der Waals surface area contributed by atoms with Crippen molar-refractivity contribution in [3.05, 3.63) is 35.6 Å². The number of rotatable bonds is 3. The van der Waals surface area contributed by atoms with Crippen molar-refractivity contribution in [2.45, 2.75) is 12.5 Å². The summed E-state index contributed by atoms with van der Waals surface area (Å²) in [5.41, 5.74) is 6.09. The number of carbonyl (C=O) groups is 1. The lowest BCUT2D eigenvalue weighted by molar-refractivity contribution is -0.306. The lowest BCUT2D eigenvalue weighted by Crippen LogP contribution is -2.27. The number of carboxylic acid groups (broad SMARTS) is 1. The van der Waals surface area contributed by atoms with Gasteiger partial charge >= 0.3 is 0 Å². The molecule has 1 aromatic carbocycles. The average Bonchev–Trinajstić information content (AvgIpc) is 2.04. The second-order valence-corrected chi connectivity index (χ2v) is 2.73. The summed E-state index contributed by atoms with van der Waals surface area (Å²) in [6.07, 6.45) is -0.258. The first-order valence-electron chi connectivity index (χ1n) is 3.80. The Balaban J connectivity index is 2.71. The van der Waals surface area contributed by atoms with Crippen molar-refractivity contribution in [1.82, 2.24) is 0 Å². The van der Waals surface area contributed by atoms with Crippen LogP contribution in [0.2, 0.25) is 0 Å². The molecule has 4 heteroatoms. The normalized spacial score (nSPS) is 12.5. The van der Waals surface area contributed by atoms with Gasteiger partial charge < -0.3 is 15.6 Å². The molecule has 1 aromatic rings. The Labute approximate surface area is 75.0 Å². The van der Waals surface area contributed by atoms with E-state index < -0.39 is 12.0 Å². The highest BCUT2D eigenvalue weighted by molar-refractivity contribution is 5.65. The molecule has 0 aliphatic rings. The van der Waals surface area contributed by atoms with Crippen molar-refractivity contribution in [3.8, 4) is 0 Å². The Kier molecular flexibility index (Phi) is 2.97. The zero-order valence-corrected chi connectivity index (χ0v) is 6.87. The number of aliphatic carboxylic acids is 1. The number of nitrogens with two attached hydrogens (primary N) is 1. The molecule has 0 saturated carbocycles. The third kappa shape index (κ3) is 2.83. The van der Waals surface area contributed by atoms with Gasteiger partial charge in [-0.05, 0) is 17.7 Å². The van der Waals surface area contributed by atoms with E-state index in [0.29, 0.717) is 5.56 Å². The summed E-state index contributed by atoms with van der Waals surface area (Å²) >= 11 is 0. The van der Waals surface area contributed by atoms with Crippen molar-refractivity contribution in [2.75, 3.05) is 0 Å². The van der Waals surface area contributed by atoms with Crippen molar-refractivity contribution < 1.29 is 14.3 Å². The molecule has 0 heterocycles. The van der Waals surface area contributed by atoms with Gasteiger partial charge in [0.2, 0.25) is 0 Å². The number of benzene rings is 1. The van der Waals surface area contributed by atoms with Crippen LogP contribution in [-0.4, -0.2) is 5.97 Å². The maximum Gasteiger partial charge on any atom is 0.123 e. The van der Waals surface area contributed by atoms with Crippen LogP contribution in [0.3, 0.4) is 0 Å². The molecule has 0 saturated heterocycles. The fourth-order valence-corrected chi connectivity index (χ4v) is 1.01. The van der Waals surface area contributed by atoms with Crippen LogP contribution in [0.15, 0.2) is 24.3 Å². The van der Waals surface area contributed by atoms with E-state index in [0.717, 1.165) is 0 Å². The summed E-state index contributed by atoms with van der Waals surface area (Å²) < 4.78 is 12.4. The molecule has 0 aliphatic heterocycles. The number of halogens is 1. The summed E-state index contributed by atoms with van der Waals surface area (Å²) in [6, 6.07) is 4.77. The fraction of sp³-hybridized carbons (Fsp3) is 0.222. The first-order valence-corrected chi connectivity index (χ1v) is 3.80. The van der Waals surface area contributed by atoms with Gasteiger partial charge in [0, 0.05) is 18.4 Å². The van der Waals surface area contributed by atoms with Crippen LogP contribution in [0.25, 0.3) is 0 Å². The number of hydrogen-bond donors (Lipinski definition) is 1. The standard InChI is InChI=1S/C9H10FNO2/c10-7-3-1-6(2-4-7)8(11)5-9(12)13/h1-4,8H,5,11H2,(H,12,13)/p-1. The van der Waals surface area contributed by atoms with Crippen molar-refractivity contribution >= 4 is 5.97 Å². The van der Waals surface area contributed by atoms with E-state index in [9.17, 15) is 14.3 Å². The molecule has 0 fully saturated rings. The highest BCUT2D eigenvalue weighted by Crippen LogP contribution is 2.13. The second kappa shape index (κ2) is 4.00. The number of carboxylic acids is 1. The Bertz CT molecular complexity index is 297. The predicted octanol–water partition coefficient (Wildman–Crippen LogP) is -0.0345. The SMILES string of the molecule is NC(CC(=O)[O-])c1ccc(F)cc1. The molecular weight excluding hydrogens is 173 g/mol. The highest BCUT2D eigenvalue weighted by Gasteiger charge is 2.05. The lowest BCUT2D eigenvalue weighted by atomic mass is 10.1. The molecule has 0 amide bonds. The summed E-state index contributed by atoms with van der Waals surface area (Å²) in [5, 5.41) is 10.2. The molecule has 1 atom stereocenters. The van der Waals surface area contributed by atoms with Crippen LogP contribution in [0.1, 0.15) is 18.0 Å². The molecule has 1 rings (SSSR count). The van der Waals surface area contributed by atoms with Crippen LogP contribution in [0.4, 0.5) is 4.39 Å². The third-order valence-corrected chi connectivity index (χ3v) is 1.68. The first-order chi connectivity index (χ1) is 6.09. The van der Waals surface area contributed by atoms with Crippen LogP contribution in [-0.2, 0) is 4.79 Å². The molecule has 0 spiro atoms. The minimum atomic E-state index is -1.21. The van der Waals surface area contributed by atoms with Gasteiger partial charge in [-0.25, -0.2) is 4.39 Å². The molecule has 1 unspecified atom stereocenters. The van der Waals surface area contributed by atoms with E-state index in [4.69, 9.17) is 5.73 Å². The second-order valence-electron chi connectivity index (χ2n) is 2.73. The van der Waals surface area contributed by atoms with Gasteiger partial charge in [-0.3, -0.25) is 0 Å². The molecule has 13 heavy (non-hydrogen) atoms. The number of carbonyl (C=O) groups excluding carboxylic acids is 1. The maximum absolute atomic E-state index is 12.4. The number of hydrogen-bond acceptors (Lipinski definition) is 3. The monoisotopic (exact) mass is 182 g/mol. The van der Waals surface area contributed by atoms with E-state index in [1.807, 2.05) is 0 Å². The van der Waals surface area contributed by atoms with Gasteiger partial charge in [0.25, 0.3) is 0 Å². The van der Waals surface area contributed by atoms with Crippen LogP contribution >= 0.6 is 0 Å². The summed E-state index contributed by atoms with van der Waals surface area (Å²) in [6.45, 7) is 0. The Morgan fingerprint density at radius 2 is 2.00 bits per heavy atom. The quantitative estimate of drug-likeness (QED) is 0.713. The lowest BCUT2D eigenvalue weighted by Gasteiger charge is -2.11. The topological polar surface area (TPSA) is 66.2 Å². The maximum atomic E-state index is 12.4. The minimum absolute atomic E-state index is 0.258. The third-order valence-electron chi connectivity index (χ3n) is 1.68. The van der Waals surface area contributed by atoms with Crippen molar-refractivity contribution in [1.29, 1.82) is 0 Å². The van der Waals surface area contributed by atoms with E-state index in [-0.39, 0.29) is 12.2 Å². The average molecular weight is 182 g/mol. The smallest absolute Gasteiger partial charge is 0.123 e. The van der Waals surface area contributed by atoms with Gasteiger partial charge in [-0.2, -0.15) is 0 Å². The van der Waals surface area contributed by atoms with E-state index in [2.05, 4.69) is 0 Å². The molecule has 70 valence electrons. The fourth-order valence-electron chi connectivity index (χ4n) is 1.01. The van der Waals surface area contributed by atoms with Crippen molar-refractivity contribution in [3.63, 3.8) is 0 Å². The predicted molar refractivity (Wildman–Crippen MR) is 43.0 cm³/mol. The van der Waals surface area contributed by atoms with Crippen LogP contribution < -0.4 is 10.8 Å². The molecule has 0 bridgehead atoms. The van der Waals surface area contributed by atoms with Crippen molar-refractivity contribution in [2.24, 2.45) is 5.73 Å². The molecule has 0 radical (unpaired) electrons. The molecule has 0 aliphatic carbocycles. The Hall–Kier alpha value is -1.42. The van der Waals surface area contributed by atoms with E-state index in [1.165, 1.54) is 24.3 Å². The summed E-state index contributed by atoms with van der Waals surface area (Å²) in [4.78, 5) is 10.2. The largest absolute Gasteiger partial charge is 0.550 e. The highest BCUT2D eigenvalue weighted by atomic mass is 19.1. The van der Waals surface area contributed by atoms with Gasteiger partial charge in [0.05, 0.1) is 0 Å². The van der Waals surface area contributed by atoms with E-state index >= 15 is 0 Å². The van der Waals surface area contributed by atoms with Crippen LogP contribution in [0.5, 0.6) is 0 Å². The Morgan fingerprint density at radius 1 is 1.46 bits per heavy atom. The van der Waals surface area contributed by atoms with Crippen LogP contribution in [0, 0.1) is 5.82 Å². The van der Waals surface area contributed by atoms with E-state index in [1.54, 1.807) is 0 Å². The zero-order valence-electron chi connectivity index (χ0n) is 6.87. The molecule has 3 nitrogen and oxygen atoms in total. The zero-order chi connectivity index (χ0) is 9.84. The van der Waals surface area contributed by atoms with Gasteiger partial charge in [-0.1, -0.05) is 12.1 Å². The summed E-state index contributed by atoms with van der Waals surface area (Å²) in [5.74, 6) is -1.58. The van der Waals surface area contributed by atoms with Gasteiger partial charge in [-0.15, -0.1) is 0 Å². The van der Waals surface area contributed by atoms with Gasteiger partial charge in [0.1, 0.15) is 5.82 Å². The molecular formula is C9H9FNO2-.